The maximum Gasteiger partial charge on any atom is 0.331 e. The SMILES string of the molecule is CC(=O)O/N=C(/c1cc2cc(Br)ccc2o1)C1CC(C)(c2c(C)cc(C)cc2C)C1. The monoisotopic (exact) mass is 467 g/mol. The molecule has 4 nitrogen and oxygen atoms in total. The fourth-order valence-corrected chi connectivity index (χ4v) is 5.51. The lowest BCUT2D eigenvalue weighted by Gasteiger charge is -2.47. The third kappa shape index (κ3) is 3.83. The van der Waals surface area contributed by atoms with Gasteiger partial charge in [-0.2, -0.15) is 0 Å². The summed E-state index contributed by atoms with van der Waals surface area (Å²) in [7, 11) is 0. The first-order chi connectivity index (χ1) is 14.2. The molecule has 0 aliphatic heterocycles. The van der Waals surface area contributed by atoms with Crippen molar-refractivity contribution < 1.29 is 14.0 Å². The molecule has 0 N–H and O–H groups in total. The predicted molar refractivity (Wildman–Crippen MR) is 123 cm³/mol. The molecular weight excluding hydrogens is 442 g/mol. The number of rotatable bonds is 4. The topological polar surface area (TPSA) is 51.8 Å². The zero-order chi connectivity index (χ0) is 21.6. The van der Waals surface area contributed by atoms with E-state index in [1.807, 2.05) is 24.3 Å². The summed E-state index contributed by atoms with van der Waals surface area (Å²) >= 11 is 3.50. The van der Waals surface area contributed by atoms with Crippen molar-refractivity contribution in [2.24, 2.45) is 11.1 Å². The number of carbonyl (C=O) groups excluding carboxylic acids is 1. The summed E-state index contributed by atoms with van der Waals surface area (Å²) in [6.07, 6.45) is 1.86. The Labute approximate surface area is 185 Å². The van der Waals surface area contributed by atoms with Crippen LogP contribution in [0.25, 0.3) is 11.0 Å². The van der Waals surface area contributed by atoms with Crippen molar-refractivity contribution in [3.8, 4) is 0 Å². The summed E-state index contributed by atoms with van der Waals surface area (Å²) in [5.74, 6) is 0.394. The minimum absolute atomic E-state index is 0.0680. The molecule has 4 rings (SSSR count). The summed E-state index contributed by atoms with van der Waals surface area (Å²) in [5, 5.41) is 5.20. The third-order valence-corrected chi connectivity index (χ3v) is 6.56. The van der Waals surface area contributed by atoms with E-state index in [0.29, 0.717) is 11.5 Å². The van der Waals surface area contributed by atoms with E-state index in [9.17, 15) is 4.79 Å². The molecule has 0 atom stereocenters. The van der Waals surface area contributed by atoms with Crippen LogP contribution < -0.4 is 0 Å². The average Bonchev–Trinajstić information content (AvgIpc) is 3.01. The molecule has 1 saturated carbocycles. The molecule has 1 fully saturated rings. The Balaban J connectivity index is 1.67. The maximum atomic E-state index is 11.4. The first-order valence-corrected chi connectivity index (χ1v) is 11.0. The standard InChI is InChI=1S/C25H26BrNO3/c1-14-8-15(2)23(16(3)9-14)25(5)12-19(13-25)24(27-30-17(4)28)22-11-18-10-20(26)6-7-21(18)29-22/h6-11,19H,12-13H2,1-5H3/b27-24+. The highest BCUT2D eigenvalue weighted by atomic mass is 79.9. The quantitative estimate of drug-likeness (QED) is 0.242. The highest BCUT2D eigenvalue weighted by Crippen LogP contribution is 2.51. The molecule has 1 aliphatic rings. The van der Waals surface area contributed by atoms with E-state index >= 15 is 0 Å². The van der Waals surface area contributed by atoms with Crippen LogP contribution in [0.3, 0.4) is 0 Å². The van der Waals surface area contributed by atoms with E-state index in [1.165, 1.54) is 29.2 Å². The van der Waals surface area contributed by atoms with E-state index < -0.39 is 5.97 Å². The third-order valence-electron chi connectivity index (χ3n) is 6.06. The predicted octanol–water partition coefficient (Wildman–Crippen LogP) is 6.76. The van der Waals surface area contributed by atoms with E-state index in [4.69, 9.17) is 9.25 Å². The number of furan rings is 1. The van der Waals surface area contributed by atoms with Gasteiger partial charge in [-0.15, -0.1) is 0 Å². The second-order valence-electron chi connectivity index (χ2n) is 8.79. The zero-order valence-electron chi connectivity index (χ0n) is 18.0. The van der Waals surface area contributed by atoms with Gasteiger partial charge in [0.25, 0.3) is 0 Å². The molecule has 0 unspecified atom stereocenters. The summed E-state index contributed by atoms with van der Waals surface area (Å²) in [6.45, 7) is 10.2. The molecule has 1 aliphatic carbocycles. The lowest BCUT2D eigenvalue weighted by molar-refractivity contribution is -0.141. The molecule has 0 amide bonds. The summed E-state index contributed by atoms with van der Waals surface area (Å²) in [4.78, 5) is 16.5. The van der Waals surface area contributed by atoms with E-state index in [0.717, 1.165) is 28.3 Å². The van der Waals surface area contributed by atoms with E-state index in [1.54, 1.807) is 0 Å². The fourth-order valence-electron chi connectivity index (χ4n) is 5.13. The van der Waals surface area contributed by atoms with Crippen molar-refractivity contribution >= 4 is 38.6 Å². The first kappa shape index (κ1) is 20.9. The van der Waals surface area contributed by atoms with Gasteiger partial charge in [-0.25, -0.2) is 4.79 Å². The first-order valence-electron chi connectivity index (χ1n) is 10.2. The lowest BCUT2D eigenvalue weighted by Crippen LogP contribution is -2.43. The van der Waals surface area contributed by atoms with Gasteiger partial charge in [-0.05, 0) is 80.0 Å². The lowest BCUT2D eigenvalue weighted by atomic mass is 9.57. The second-order valence-corrected chi connectivity index (χ2v) is 9.71. The average molecular weight is 468 g/mol. The Morgan fingerprint density at radius 2 is 1.80 bits per heavy atom. The summed E-state index contributed by atoms with van der Waals surface area (Å²) < 4.78 is 7.06. The Morgan fingerprint density at radius 3 is 2.43 bits per heavy atom. The molecule has 0 radical (unpaired) electrons. The van der Waals surface area contributed by atoms with Gasteiger partial charge in [0.1, 0.15) is 11.3 Å². The van der Waals surface area contributed by atoms with E-state index in [-0.39, 0.29) is 11.3 Å². The molecule has 1 aromatic heterocycles. The number of benzene rings is 2. The van der Waals surface area contributed by atoms with Gasteiger partial charge in [-0.1, -0.05) is 45.7 Å². The number of hydrogen-bond donors (Lipinski definition) is 0. The number of aryl methyl sites for hydroxylation is 3. The number of halogens is 1. The van der Waals surface area contributed by atoms with Crippen molar-refractivity contribution in [1.29, 1.82) is 0 Å². The smallest absolute Gasteiger partial charge is 0.331 e. The molecule has 156 valence electrons. The van der Waals surface area contributed by atoms with Gasteiger partial charge in [0.05, 0.1) is 0 Å². The van der Waals surface area contributed by atoms with E-state index in [2.05, 4.69) is 60.9 Å². The van der Waals surface area contributed by atoms with Gasteiger partial charge < -0.3 is 9.25 Å². The van der Waals surface area contributed by atoms with Gasteiger partial charge in [0.2, 0.25) is 0 Å². The number of fused-ring (bicyclic) bond motifs is 1. The molecule has 0 bridgehead atoms. The number of oxime groups is 1. The Bertz CT molecular complexity index is 1150. The van der Waals surface area contributed by atoms with Crippen molar-refractivity contribution in [3.63, 3.8) is 0 Å². The molecule has 0 saturated heterocycles. The van der Waals surface area contributed by atoms with Gasteiger partial charge in [0, 0.05) is 22.7 Å². The molecule has 0 spiro atoms. The Morgan fingerprint density at radius 1 is 1.13 bits per heavy atom. The number of nitrogens with zero attached hydrogens (tertiary/aromatic N) is 1. The largest absolute Gasteiger partial charge is 0.455 e. The molecule has 1 heterocycles. The molecule has 3 aromatic rings. The molecule has 2 aromatic carbocycles. The van der Waals surface area contributed by atoms with Crippen LogP contribution in [0.5, 0.6) is 0 Å². The van der Waals surface area contributed by atoms with Crippen LogP contribution in [0.2, 0.25) is 0 Å². The van der Waals surface area contributed by atoms with Crippen LogP contribution >= 0.6 is 15.9 Å². The van der Waals surface area contributed by atoms with Crippen molar-refractivity contribution in [2.75, 3.05) is 0 Å². The van der Waals surface area contributed by atoms with Gasteiger partial charge >= 0.3 is 5.97 Å². The molecule has 5 heteroatoms. The zero-order valence-corrected chi connectivity index (χ0v) is 19.6. The minimum Gasteiger partial charge on any atom is -0.455 e. The maximum absolute atomic E-state index is 11.4. The Kier molecular flexibility index (Phi) is 5.35. The van der Waals surface area contributed by atoms with Gasteiger partial charge in [-0.3, -0.25) is 0 Å². The van der Waals surface area contributed by atoms with Crippen LogP contribution in [-0.2, 0) is 15.0 Å². The van der Waals surface area contributed by atoms with Gasteiger partial charge in [0.15, 0.2) is 5.76 Å². The Hall–Kier alpha value is -2.40. The van der Waals surface area contributed by atoms with Crippen LogP contribution in [0, 0.1) is 26.7 Å². The summed E-state index contributed by atoms with van der Waals surface area (Å²) in [5.41, 5.74) is 6.94. The fraction of sp³-hybridized carbons (Fsp3) is 0.360. The molecular formula is C25H26BrNO3. The van der Waals surface area contributed by atoms with Crippen molar-refractivity contribution in [3.05, 3.63) is 68.9 Å². The molecule has 30 heavy (non-hydrogen) atoms. The van der Waals surface area contributed by atoms with Crippen LogP contribution in [-0.4, -0.2) is 11.7 Å². The van der Waals surface area contributed by atoms with Crippen molar-refractivity contribution in [2.45, 2.75) is 52.9 Å². The number of hydrogen-bond acceptors (Lipinski definition) is 4. The number of carbonyl (C=O) groups is 1. The highest BCUT2D eigenvalue weighted by molar-refractivity contribution is 9.10. The minimum atomic E-state index is -0.432. The normalized spacial score (nSPS) is 21.5. The van der Waals surface area contributed by atoms with Crippen molar-refractivity contribution in [1.82, 2.24) is 0 Å². The van der Waals surface area contributed by atoms with Crippen LogP contribution in [0.4, 0.5) is 0 Å². The summed E-state index contributed by atoms with van der Waals surface area (Å²) in [6, 6.07) is 12.4. The second kappa shape index (κ2) is 7.69. The van der Waals surface area contributed by atoms with Crippen LogP contribution in [0.1, 0.15) is 54.7 Å². The highest BCUT2D eigenvalue weighted by Gasteiger charge is 2.46. The van der Waals surface area contributed by atoms with Crippen LogP contribution in [0.15, 0.2) is 50.4 Å².